The molecule has 0 atom stereocenters. The van der Waals surface area contributed by atoms with E-state index in [0.29, 0.717) is 31.0 Å². The van der Waals surface area contributed by atoms with Crippen LogP contribution in [0.25, 0.3) is 22.2 Å². The Balaban J connectivity index is 1.93. The third-order valence-corrected chi connectivity index (χ3v) is 4.30. The normalized spacial score (nSPS) is 11.6. The van der Waals surface area contributed by atoms with Crippen LogP contribution in [0, 0.1) is 0 Å². The predicted octanol–water partition coefficient (Wildman–Crippen LogP) is 3.79. The minimum atomic E-state index is 0.0157. The molecule has 0 unspecified atom stereocenters. The fourth-order valence-electron chi connectivity index (χ4n) is 2.97. The molecule has 7 nitrogen and oxygen atoms in total. The number of guanidine groups is 1. The number of aliphatic imine (C=N–C) groups is 1. The first kappa shape index (κ1) is 21.3. The topological polar surface area (TPSA) is 98.8 Å². The van der Waals surface area contributed by atoms with E-state index in [1.807, 2.05) is 68.4 Å². The summed E-state index contributed by atoms with van der Waals surface area (Å²) in [6.07, 6.45) is 1.50. The second-order valence-corrected chi connectivity index (χ2v) is 6.92. The molecule has 0 radical (unpaired) electrons. The Bertz CT molecular complexity index is 1030. The number of aromatic nitrogens is 1. The first-order valence-corrected chi connectivity index (χ1v) is 9.86. The quantitative estimate of drug-likeness (QED) is 0.244. The third kappa shape index (κ3) is 5.55. The first-order chi connectivity index (χ1) is 14.6. The average Bonchev–Trinajstić information content (AvgIpc) is 2.73. The van der Waals surface area contributed by atoms with Gasteiger partial charge < -0.3 is 15.2 Å². The number of nitrogens with zero attached hydrogens (tertiary/aromatic N) is 2. The molecule has 0 saturated carbocycles. The number of para-hydroxylation sites is 2. The predicted molar refractivity (Wildman–Crippen MR) is 119 cm³/mol. The maximum atomic E-state index is 10.7. The third-order valence-electron chi connectivity index (χ3n) is 4.30. The number of amides is 1. The highest BCUT2D eigenvalue weighted by molar-refractivity contribution is 5.97. The number of pyridine rings is 1. The van der Waals surface area contributed by atoms with Gasteiger partial charge in [-0.3, -0.25) is 10.1 Å². The molecule has 7 heteroatoms. The number of benzene rings is 2. The Hall–Kier alpha value is -3.45. The van der Waals surface area contributed by atoms with Crippen LogP contribution in [-0.2, 0) is 9.53 Å². The summed E-state index contributed by atoms with van der Waals surface area (Å²) in [6.45, 7) is 5.21. The number of nitrogens with one attached hydrogen (secondary N) is 1. The molecule has 0 saturated heterocycles. The molecule has 0 fully saturated rings. The lowest BCUT2D eigenvalue weighted by Gasteiger charge is -2.13. The summed E-state index contributed by atoms with van der Waals surface area (Å²) in [5.74, 6) is 0.751. The van der Waals surface area contributed by atoms with E-state index in [2.05, 4.69) is 10.3 Å². The van der Waals surface area contributed by atoms with Crippen LogP contribution in [0.2, 0.25) is 0 Å². The van der Waals surface area contributed by atoms with E-state index in [0.717, 1.165) is 28.6 Å². The molecular formula is C23H26N4O3. The van der Waals surface area contributed by atoms with Crippen LogP contribution in [-0.4, -0.2) is 36.7 Å². The Kier molecular flexibility index (Phi) is 7.34. The van der Waals surface area contributed by atoms with Gasteiger partial charge in [0.25, 0.3) is 0 Å². The number of fused-ring (bicyclic) bond motifs is 1. The lowest BCUT2D eigenvalue weighted by atomic mass is 10.1. The smallest absolute Gasteiger partial charge is 0.213 e. The van der Waals surface area contributed by atoms with Crippen molar-refractivity contribution < 1.29 is 14.3 Å². The number of carbonyl (C=O) groups excluding carboxylic acids is 1. The summed E-state index contributed by atoms with van der Waals surface area (Å²) in [4.78, 5) is 19.8. The molecule has 1 amide bonds. The summed E-state index contributed by atoms with van der Waals surface area (Å²) < 4.78 is 11.6. The number of hydrogen-bond acceptors (Lipinski definition) is 5. The van der Waals surface area contributed by atoms with E-state index in [1.165, 1.54) is 0 Å². The molecule has 3 rings (SSSR count). The highest BCUT2D eigenvalue weighted by Gasteiger charge is 2.12. The minimum Gasteiger partial charge on any atom is -0.493 e. The minimum absolute atomic E-state index is 0.0157. The van der Waals surface area contributed by atoms with Crippen LogP contribution in [0.1, 0.15) is 20.3 Å². The second-order valence-electron chi connectivity index (χ2n) is 6.92. The van der Waals surface area contributed by atoms with Crippen molar-refractivity contribution in [3.05, 3.63) is 54.6 Å². The molecule has 0 aliphatic heterocycles. The molecule has 156 valence electrons. The first-order valence-electron chi connectivity index (χ1n) is 9.86. The fourth-order valence-corrected chi connectivity index (χ4v) is 2.97. The van der Waals surface area contributed by atoms with Crippen LogP contribution >= 0.6 is 0 Å². The monoisotopic (exact) mass is 406 g/mol. The van der Waals surface area contributed by atoms with Crippen LogP contribution in [0.3, 0.4) is 0 Å². The molecule has 3 N–H and O–H groups in total. The lowest BCUT2D eigenvalue weighted by Crippen LogP contribution is -2.29. The molecular weight excluding hydrogens is 380 g/mol. The van der Waals surface area contributed by atoms with Gasteiger partial charge in [-0.05, 0) is 38.1 Å². The summed E-state index contributed by atoms with van der Waals surface area (Å²) in [7, 11) is 0. The Morgan fingerprint density at radius 2 is 1.93 bits per heavy atom. The van der Waals surface area contributed by atoms with Crippen LogP contribution < -0.4 is 15.8 Å². The zero-order valence-electron chi connectivity index (χ0n) is 17.2. The van der Waals surface area contributed by atoms with Gasteiger partial charge in [0.15, 0.2) is 5.96 Å². The number of carbonyl (C=O) groups is 1. The zero-order chi connectivity index (χ0) is 21.3. The SMILES string of the molecule is CC(C)OCCCOc1ccccc1-c1cc(N=C(N)NC=O)c2ccccc2n1. The van der Waals surface area contributed by atoms with Gasteiger partial charge in [0.1, 0.15) is 5.75 Å². The number of ether oxygens (including phenoxy) is 2. The highest BCUT2D eigenvalue weighted by atomic mass is 16.5. The Morgan fingerprint density at radius 3 is 2.73 bits per heavy atom. The van der Waals surface area contributed by atoms with Gasteiger partial charge in [0.2, 0.25) is 6.41 Å². The maximum absolute atomic E-state index is 10.7. The van der Waals surface area contributed by atoms with Gasteiger partial charge in [-0.1, -0.05) is 30.3 Å². The molecule has 2 aromatic carbocycles. The van der Waals surface area contributed by atoms with Crippen molar-refractivity contribution in [3.8, 4) is 17.0 Å². The molecule has 1 heterocycles. The second kappa shape index (κ2) is 10.4. The van der Waals surface area contributed by atoms with E-state index in [1.54, 1.807) is 0 Å². The van der Waals surface area contributed by atoms with E-state index in [-0.39, 0.29) is 12.1 Å². The number of hydrogen-bond donors (Lipinski definition) is 2. The van der Waals surface area contributed by atoms with Crippen molar-refractivity contribution in [2.45, 2.75) is 26.4 Å². The number of rotatable bonds is 9. The van der Waals surface area contributed by atoms with Crippen molar-refractivity contribution >= 4 is 29.0 Å². The summed E-state index contributed by atoms with van der Waals surface area (Å²) in [5, 5.41) is 3.20. The Morgan fingerprint density at radius 1 is 1.17 bits per heavy atom. The van der Waals surface area contributed by atoms with Crippen molar-refractivity contribution in [1.82, 2.24) is 10.3 Å². The van der Waals surface area contributed by atoms with E-state index < -0.39 is 0 Å². The number of nitrogens with two attached hydrogens (primary N) is 1. The van der Waals surface area contributed by atoms with Crippen LogP contribution in [0.4, 0.5) is 5.69 Å². The molecule has 1 aromatic heterocycles. The van der Waals surface area contributed by atoms with E-state index >= 15 is 0 Å². The fraction of sp³-hybridized carbons (Fsp3) is 0.261. The Labute approximate surface area is 175 Å². The largest absolute Gasteiger partial charge is 0.493 e. The van der Waals surface area contributed by atoms with Gasteiger partial charge in [0, 0.05) is 17.4 Å². The van der Waals surface area contributed by atoms with Crippen LogP contribution in [0.5, 0.6) is 5.75 Å². The van der Waals surface area contributed by atoms with Gasteiger partial charge in [-0.25, -0.2) is 9.98 Å². The summed E-state index contributed by atoms with van der Waals surface area (Å²) in [6, 6.07) is 17.2. The van der Waals surface area contributed by atoms with Crippen molar-refractivity contribution in [2.24, 2.45) is 10.7 Å². The summed E-state index contributed by atoms with van der Waals surface area (Å²) in [5.41, 5.74) is 8.74. The summed E-state index contributed by atoms with van der Waals surface area (Å²) >= 11 is 0. The van der Waals surface area contributed by atoms with Crippen molar-refractivity contribution in [1.29, 1.82) is 0 Å². The van der Waals surface area contributed by atoms with Gasteiger partial charge in [-0.15, -0.1) is 0 Å². The molecule has 3 aromatic rings. The molecule has 0 aliphatic rings. The lowest BCUT2D eigenvalue weighted by molar-refractivity contribution is -0.108. The van der Waals surface area contributed by atoms with Crippen LogP contribution in [0.15, 0.2) is 59.6 Å². The standard InChI is InChI=1S/C23H26N4O3/c1-16(2)29-12-7-13-30-22-11-6-4-9-18(22)21-14-20(27-23(24)25-15-28)17-8-3-5-10-19(17)26-21/h3-6,8-11,14-16H,7,12-13H2,1-2H3,(H3,24,25,26,27,28). The highest BCUT2D eigenvalue weighted by Crippen LogP contribution is 2.34. The van der Waals surface area contributed by atoms with Crippen molar-refractivity contribution in [2.75, 3.05) is 13.2 Å². The molecule has 0 aliphatic carbocycles. The molecule has 0 spiro atoms. The van der Waals surface area contributed by atoms with Gasteiger partial charge >= 0.3 is 0 Å². The van der Waals surface area contributed by atoms with Gasteiger partial charge in [0.05, 0.1) is 36.2 Å². The average molecular weight is 406 g/mol. The van der Waals surface area contributed by atoms with Gasteiger partial charge in [-0.2, -0.15) is 0 Å². The maximum Gasteiger partial charge on any atom is 0.213 e. The molecule has 0 bridgehead atoms. The van der Waals surface area contributed by atoms with Crippen molar-refractivity contribution in [3.63, 3.8) is 0 Å². The van der Waals surface area contributed by atoms with E-state index in [4.69, 9.17) is 20.2 Å². The zero-order valence-corrected chi connectivity index (χ0v) is 17.2. The van der Waals surface area contributed by atoms with E-state index in [9.17, 15) is 4.79 Å². The molecule has 30 heavy (non-hydrogen) atoms.